The van der Waals surface area contributed by atoms with Crippen molar-refractivity contribution in [3.8, 4) is 11.5 Å². The molecule has 0 aromatic heterocycles. The third-order valence-corrected chi connectivity index (χ3v) is 5.05. The lowest BCUT2D eigenvalue weighted by molar-refractivity contribution is 0.102. The van der Waals surface area contributed by atoms with Crippen LogP contribution in [0.1, 0.15) is 39.5 Å². The van der Waals surface area contributed by atoms with E-state index in [0.29, 0.717) is 35.2 Å². The zero-order valence-corrected chi connectivity index (χ0v) is 18.5. The maximum Gasteiger partial charge on any atom is 0.255 e. The molecule has 0 aliphatic carbocycles. The van der Waals surface area contributed by atoms with Crippen LogP contribution in [0.25, 0.3) is 0 Å². The molecule has 0 fully saturated rings. The summed E-state index contributed by atoms with van der Waals surface area (Å²) in [4.78, 5) is 12.8. The maximum absolute atomic E-state index is 12.8. The van der Waals surface area contributed by atoms with Gasteiger partial charge in [-0.2, -0.15) is 0 Å². The second kappa shape index (κ2) is 9.68. The molecule has 0 heterocycles. The van der Waals surface area contributed by atoms with Gasteiger partial charge in [0, 0.05) is 21.8 Å². The molecule has 0 aliphatic heterocycles. The van der Waals surface area contributed by atoms with Gasteiger partial charge in [-0.3, -0.25) is 4.79 Å². The van der Waals surface area contributed by atoms with Crippen molar-refractivity contribution in [3.05, 3.63) is 87.4 Å². The number of carbonyl (C=O) groups excluding carboxylic acids is 1. The third kappa shape index (κ3) is 5.55. The Morgan fingerprint density at radius 1 is 0.933 bits per heavy atom. The standard InChI is InChI=1S/C25H26ClNO3/c1-5-29-24-9-7-19(25(28)27-21-8-6-18(4)23(26)14-21)13-20(24)15-30-22-11-16(2)10-17(3)12-22/h6-14H,5,15H2,1-4H3,(H,27,28). The Balaban J connectivity index is 1.80. The smallest absolute Gasteiger partial charge is 0.255 e. The second-order valence-electron chi connectivity index (χ2n) is 7.29. The van der Waals surface area contributed by atoms with Crippen molar-refractivity contribution in [1.29, 1.82) is 0 Å². The molecule has 0 aliphatic rings. The Labute approximate surface area is 182 Å². The molecule has 156 valence electrons. The van der Waals surface area contributed by atoms with Crippen LogP contribution in [0.2, 0.25) is 5.02 Å². The van der Waals surface area contributed by atoms with Crippen molar-refractivity contribution < 1.29 is 14.3 Å². The summed E-state index contributed by atoms with van der Waals surface area (Å²) in [7, 11) is 0. The molecule has 30 heavy (non-hydrogen) atoms. The number of anilines is 1. The molecular weight excluding hydrogens is 398 g/mol. The predicted octanol–water partition coefficient (Wildman–Crippen LogP) is 6.50. The highest BCUT2D eigenvalue weighted by Crippen LogP contribution is 2.25. The van der Waals surface area contributed by atoms with Gasteiger partial charge in [-0.15, -0.1) is 0 Å². The number of hydrogen-bond donors (Lipinski definition) is 1. The number of halogens is 1. The van der Waals surface area contributed by atoms with Crippen LogP contribution in [-0.4, -0.2) is 12.5 Å². The van der Waals surface area contributed by atoms with E-state index in [4.69, 9.17) is 21.1 Å². The second-order valence-corrected chi connectivity index (χ2v) is 7.69. The molecule has 0 radical (unpaired) electrons. The zero-order valence-electron chi connectivity index (χ0n) is 17.7. The van der Waals surface area contributed by atoms with Crippen molar-refractivity contribution in [2.75, 3.05) is 11.9 Å². The van der Waals surface area contributed by atoms with Gasteiger partial charge in [-0.25, -0.2) is 0 Å². The van der Waals surface area contributed by atoms with Gasteiger partial charge in [0.15, 0.2) is 0 Å². The van der Waals surface area contributed by atoms with Crippen LogP contribution >= 0.6 is 11.6 Å². The summed E-state index contributed by atoms with van der Waals surface area (Å²) in [5.74, 6) is 1.28. The van der Waals surface area contributed by atoms with E-state index in [9.17, 15) is 4.79 Å². The lowest BCUT2D eigenvalue weighted by Crippen LogP contribution is -2.13. The largest absolute Gasteiger partial charge is 0.493 e. The zero-order chi connectivity index (χ0) is 21.7. The molecule has 0 atom stereocenters. The van der Waals surface area contributed by atoms with E-state index in [2.05, 4.69) is 11.4 Å². The van der Waals surface area contributed by atoms with Crippen LogP contribution in [0.15, 0.2) is 54.6 Å². The minimum absolute atomic E-state index is 0.217. The topological polar surface area (TPSA) is 47.6 Å². The van der Waals surface area contributed by atoms with E-state index < -0.39 is 0 Å². The third-order valence-electron chi connectivity index (χ3n) is 4.64. The first-order valence-corrected chi connectivity index (χ1v) is 10.3. The number of amides is 1. The van der Waals surface area contributed by atoms with Gasteiger partial charge in [-0.05, 0) is 86.8 Å². The number of ether oxygens (including phenoxy) is 2. The SMILES string of the molecule is CCOc1ccc(C(=O)Nc2ccc(C)c(Cl)c2)cc1COc1cc(C)cc(C)c1. The molecule has 0 spiro atoms. The molecule has 1 N–H and O–H groups in total. The van der Waals surface area contributed by atoms with E-state index in [-0.39, 0.29) is 5.91 Å². The normalized spacial score (nSPS) is 10.6. The monoisotopic (exact) mass is 423 g/mol. The van der Waals surface area contributed by atoms with Crippen molar-refractivity contribution in [2.24, 2.45) is 0 Å². The van der Waals surface area contributed by atoms with Gasteiger partial charge in [0.25, 0.3) is 5.91 Å². The highest BCUT2D eigenvalue weighted by Gasteiger charge is 2.12. The first-order chi connectivity index (χ1) is 14.4. The molecule has 0 saturated carbocycles. The summed E-state index contributed by atoms with van der Waals surface area (Å²) in [6.45, 7) is 8.75. The molecule has 3 aromatic rings. The number of benzene rings is 3. The molecule has 1 amide bonds. The molecular formula is C25H26ClNO3. The Morgan fingerprint density at radius 2 is 1.67 bits per heavy atom. The summed E-state index contributed by atoms with van der Waals surface area (Å²) in [6, 6.07) is 16.9. The van der Waals surface area contributed by atoms with Crippen LogP contribution in [0.4, 0.5) is 5.69 Å². The molecule has 0 unspecified atom stereocenters. The van der Waals surface area contributed by atoms with Crippen molar-refractivity contribution in [1.82, 2.24) is 0 Å². The minimum Gasteiger partial charge on any atom is -0.493 e. The number of nitrogens with one attached hydrogen (secondary N) is 1. The maximum atomic E-state index is 12.8. The minimum atomic E-state index is -0.217. The Hall–Kier alpha value is -2.98. The van der Waals surface area contributed by atoms with Gasteiger partial charge in [0.2, 0.25) is 0 Å². The highest BCUT2D eigenvalue weighted by molar-refractivity contribution is 6.31. The van der Waals surface area contributed by atoms with Crippen molar-refractivity contribution >= 4 is 23.2 Å². The fraction of sp³-hybridized carbons (Fsp3) is 0.240. The van der Waals surface area contributed by atoms with Crippen LogP contribution in [0, 0.1) is 20.8 Å². The van der Waals surface area contributed by atoms with Gasteiger partial charge in [-0.1, -0.05) is 23.7 Å². The Bertz CT molecular complexity index is 1040. The van der Waals surface area contributed by atoms with Gasteiger partial charge >= 0.3 is 0 Å². The van der Waals surface area contributed by atoms with Gasteiger partial charge < -0.3 is 14.8 Å². The summed E-state index contributed by atoms with van der Waals surface area (Å²) >= 11 is 6.16. The highest BCUT2D eigenvalue weighted by atomic mass is 35.5. The molecule has 5 heteroatoms. The lowest BCUT2D eigenvalue weighted by atomic mass is 10.1. The summed E-state index contributed by atoms with van der Waals surface area (Å²) < 4.78 is 11.7. The molecule has 0 bridgehead atoms. The Kier molecular flexibility index (Phi) is 7.01. The van der Waals surface area contributed by atoms with Crippen molar-refractivity contribution in [2.45, 2.75) is 34.3 Å². The van der Waals surface area contributed by atoms with E-state index >= 15 is 0 Å². The molecule has 3 aromatic carbocycles. The Morgan fingerprint density at radius 3 is 2.33 bits per heavy atom. The van der Waals surface area contributed by atoms with Gasteiger partial charge in [0.05, 0.1) is 6.61 Å². The van der Waals surface area contributed by atoms with E-state index in [0.717, 1.165) is 28.0 Å². The predicted molar refractivity (Wildman–Crippen MR) is 122 cm³/mol. The molecule has 4 nitrogen and oxygen atoms in total. The number of rotatable bonds is 7. The number of hydrogen-bond acceptors (Lipinski definition) is 3. The number of aryl methyl sites for hydroxylation is 3. The number of carbonyl (C=O) groups is 1. The summed E-state index contributed by atoms with van der Waals surface area (Å²) in [5.41, 5.74) is 5.22. The molecule has 0 saturated heterocycles. The van der Waals surface area contributed by atoms with E-state index in [1.165, 1.54) is 0 Å². The van der Waals surface area contributed by atoms with Crippen LogP contribution in [-0.2, 0) is 6.61 Å². The molecule has 3 rings (SSSR count). The van der Waals surface area contributed by atoms with Gasteiger partial charge in [0.1, 0.15) is 18.1 Å². The van der Waals surface area contributed by atoms with Crippen LogP contribution in [0.5, 0.6) is 11.5 Å². The first-order valence-electron chi connectivity index (χ1n) is 9.90. The fourth-order valence-corrected chi connectivity index (χ4v) is 3.36. The lowest BCUT2D eigenvalue weighted by Gasteiger charge is -2.14. The first kappa shape index (κ1) is 21.7. The fourth-order valence-electron chi connectivity index (χ4n) is 3.18. The summed E-state index contributed by atoms with van der Waals surface area (Å²) in [6.07, 6.45) is 0. The summed E-state index contributed by atoms with van der Waals surface area (Å²) in [5, 5.41) is 3.50. The average molecular weight is 424 g/mol. The quantitative estimate of drug-likeness (QED) is 0.472. The van der Waals surface area contributed by atoms with E-state index in [1.807, 2.05) is 52.0 Å². The average Bonchev–Trinajstić information content (AvgIpc) is 2.69. The van der Waals surface area contributed by atoms with E-state index in [1.54, 1.807) is 24.3 Å². The van der Waals surface area contributed by atoms with Crippen LogP contribution < -0.4 is 14.8 Å². The van der Waals surface area contributed by atoms with Crippen LogP contribution in [0.3, 0.4) is 0 Å². The van der Waals surface area contributed by atoms with Crippen molar-refractivity contribution in [3.63, 3.8) is 0 Å².